The Bertz CT molecular complexity index is 612. The smallest absolute Gasteiger partial charge is 0.337 e. The van der Waals surface area contributed by atoms with Crippen LogP contribution in [0.1, 0.15) is 43.2 Å². The first-order chi connectivity index (χ1) is 10.0. The molecule has 0 spiro atoms. The normalized spacial score (nSPS) is 11.0. The number of aromatic carboxylic acids is 1. The molecule has 0 unspecified atom stereocenters. The van der Waals surface area contributed by atoms with Gasteiger partial charge >= 0.3 is 5.97 Å². The van der Waals surface area contributed by atoms with Crippen LogP contribution in [0.4, 0.5) is 0 Å². The van der Waals surface area contributed by atoms with Crippen molar-refractivity contribution in [1.82, 2.24) is 4.57 Å². The van der Waals surface area contributed by atoms with E-state index in [1.807, 2.05) is 36.4 Å². The Morgan fingerprint density at radius 3 is 2.43 bits per heavy atom. The summed E-state index contributed by atoms with van der Waals surface area (Å²) in [6, 6.07) is 11.8. The summed E-state index contributed by atoms with van der Waals surface area (Å²) in [5.74, 6) is -0.366. The third kappa shape index (κ3) is 3.35. The largest absolute Gasteiger partial charge is 0.478 e. The average molecular weight is 285 g/mol. The zero-order valence-electron chi connectivity index (χ0n) is 13.0. The molecule has 0 atom stereocenters. The fraction of sp³-hybridized carbons (Fsp3) is 0.389. The van der Waals surface area contributed by atoms with Crippen molar-refractivity contribution >= 4 is 5.97 Å². The summed E-state index contributed by atoms with van der Waals surface area (Å²) in [4.78, 5) is 11.6. The van der Waals surface area contributed by atoms with Gasteiger partial charge in [0.15, 0.2) is 0 Å². The van der Waals surface area contributed by atoms with E-state index < -0.39 is 5.97 Å². The van der Waals surface area contributed by atoms with Gasteiger partial charge in [-0.1, -0.05) is 57.5 Å². The third-order valence-corrected chi connectivity index (χ3v) is 3.54. The zero-order chi connectivity index (χ0) is 15.4. The summed E-state index contributed by atoms with van der Waals surface area (Å²) < 4.78 is 2.19. The standard InChI is InChI=1S/C18H23NO2/c1-4-8-16-15(18(20)21)11-17(19(16)12-13(2)3)14-9-6-5-7-10-14/h5-7,9-11,13H,4,8,12H2,1-3H3,(H,20,21). The predicted molar refractivity (Wildman–Crippen MR) is 85.7 cm³/mol. The van der Waals surface area contributed by atoms with Crippen LogP contribution in [-0.2, 0) is 13.0 Å². The van der Waals surface area contributed by atoms with Crippen molar-refractivity contribution in [2.45, 2.75) is 40.2 Å². The maximum absolute atomic E-state index is 11.6. The van der Waals surface area contributed by atoms with Crippen LogP contribution in [0.2, 0.25) is 0 Å². The number of benzene rings is 1. The Kier molecular flexibility index (Phi) is 4.84. The predicted octanol–water partition coefficient (Wildman–Crippen LogP) is 4.46. The van der Waals surface area contributed by atoms with Crippen molar-refractivity contribution in [2.75, 3.05) is 0 Å². The molecule has 112 valence electrons. The summed E-state index contributed by atoms with van der Waals surface area (Å²) in [6.45, 7) is 7.24. The first-order valence-electron chi connectivity index (χ1n) is 7.55. The van der Waals surface area contributed by atoms with Gasteiger partial charge in [-0.3, -0.25) is 0 Å². The number of hydrogen-bond donors (Lipinski definition) is 1. The van der Waals surface area contributed by atoms with E-state index in [1.54, 1.807) is 0 Å². The molecule has 0 fully saturated rings. The quantitative estimate of drug-likeness (QED) is 0.851. The number of aromatic nitrogens is 1. The molecular weight excluding hydrogens is 262 g/mol. The minimum Gasteiger partial charge on any atom is -0.478 e. The average Bonchev–Trinajstić information content (AvgIpc) is 2.79. The number of carboxylic acid groups (broad SMARTS) is 1. The van der Waals surface area contributed by atoms with Crippen LogP contribution in [-0.4, -0.2) is 15.6 Å². The molecule has 1 aromatic carbocycles. The van der Waals surface area contributed by atoms with Crippen LogP contribution in [0.5, 0.6) is 0 Å². The highest BCUT2D eigenvalue weighted by Crippen LogP contribution is 2.28. The minimum atomic E-state index is -0.835. The Labute approximate surface area is 126 Å². The second-order valence-corrected chi connectivity index (χ2v) is 5.82. The maximum atomic E-state index is 11.6. The van der Waals surface area contributed by atoms with Crippen LogP contribution in [0.3, 0.4) is 0 Å². The molecule has 0 aliphatic rings. The molecule has 1 aromatic heterocycles. The second kappa shape index (κ2) is 6.61. The molecule has 0 aliphatic heterocycles. The van der Waals surface area contributed by atoms with Gasteiger partial charge in [0, 0.05) is 17.9 Å². The summed E-state index contributed by atoms with van der Waals surface area (Å²) in [7, 11) is 0. The van der Waals surface area contributed by atoms with Crippen molar-refractivity contribution in [2.24, 2.45) is 5.92 Å². The van der Waals surface area contributed by atoms with Crippen molar-refractivity contribution in [3.8, 4) is 11.3 Å². The summed E-state index contributed by atoms with van der Waals surface area (Å²) in [6.07, 6.45) is 1.73. The highest BCUT2D eigenvalue weighted by molar-refractivity contribution is 5.91. The molecule has 0 saturated heterocycles. The molecule has 0 bridgehead atoms. The Morgan fingerprint density at radius 1 is 1.24 bits per heavy atom. The molecule has 1 N–H and O–H groups in total. The highest BCUT2D eigenvalue weighted by Gasteiger charge is 2.20. The zero-order valence-corrected chi connectivity index (χ0v) is 13.0. The Balaban J connectivity index is 2.62. The van der Waals surface area contributed by atoms with Crippen molar-refractivity contribution in [3.05, 3.63) is 47.7 Å². The first-order valence-corrected chi connectivity index (χ1v) is 7.55. The number of nitrogens with zero attached hydrogens (tertiary/aromatic N) is 1. The number of rotatable bonds is 6. The van der Waals surface area contributed by atoms with E-state index in [0.29, 0.717) is 11.5 Å². The molecule has 3 heteroatoms. The molecule has 2 aromatic rings. The van der Waals surface area contributed by atoms with Gasteiger partial charge in [0.05, 0.1) is 5.56 Å². The maximum Gasteiger partial charge on any atom is 0.337 e. The lowest BCUT2D eigenvalue weighted by molar-refractivity contribution is 0.0695. The molecule has 0 amide bonds. The van der Waals surface area contributed by atoms with E-state index in [1.165, 1.54) is 0 Å². The molecule has 0 aliphatic carbocycles. The number of hydrogen-bond acceptors (Lipinski definition) is 1. The highest BCUT2D eigenvalue weighted by atomic mass is 16.4. The van der Waals surface area contributed by atoms with Crippen LogP contribution < -0.4 is 0 Å². The number of carbonyl (C=O) groups is 1. The van der Waals surface area contributed by atoms with E-state index in [0.717, 1.165) is 36.3 Å². The van der Waals surface area contributed by atoms with Gasteiger partial charge in [0.25, 0.3) is 0 Å². The van der Waals surface area contributed by atoms with Crippen LogP contribution in [0.15, 0.2) is 36.4 Å². The van der Waals surface area contributed by atoms with Gasteiger partial charge in [-0.05, 0) is 24.0 Å². The van der Waals surface area contributed by atoms with E-state index in [2.05, 4.69) is 25.3 Å². The van der Waals surface area contributed by atoms with Crippen molar-refractivity contribution < 1.29 is 9.90 Å². The van der Waals surface area contributed by atoms with E-state index in [4.69, 9.17) is 0 Å². The molecular formula is C18H23NO2. The number of carboxylic acids is 1. The summed E-state index contributed by atoms with van der Waals surface area (Å²) in [5, 5.41) is 9.50. The molecule has 0 radical (unpaired) electrons. The Hall–Kier alpha value is -2.03. The first kappa shape index (κ1) is 15.4. The van der Waals surface area contributed by atoms with Crippen LogP contribution in [0, 0.1) is 5.92 Å². The lowest BCUT2D eigenvalue weighted by Crippen LogP contribution is -2.11. The van der Waals surface area contributed by atoms with Crippen LogP contribution >= 0.6 is 0 Å². The molecule has 0 saturated carbocycles. The van der Waals surface area contributed by atoms with Gasteiger partial charge in [0.1, 0.15) is 0 Å². The SMILES string of the molecule is CCCc1c(C(=O)O)cc(-c2ccccc2)n1CC(C)C. The second-order valence-electron chi connectivity index (χ2n) is 5.82. The molecule has 2 rings (SSSR count). The molecule has 1 heterocycles. The summed E-state index contributed by atoms with van der Waals surface area (Å²) in [5.41, 5.74) is 3.46. The van der Waals surface area contributed by atoms with Gasteiger partial charge in [0.2, 0.25) is 0 Å². The van der Waals surface area contributed by atoms with E-state index >= 15 is 0 Å². The van der Waals surface area contributed by atoms with Gasteiger partial charge in [-0.25, -0.2) is 4.79 Å². The van der Waals surface area contributed by atoms with Gasteiger partial charge in [-0.15, -0.1) is 0 Å². The summed E-state index contributed by atoms with van der Waals surface area (Å²) >= 11 is 0. The van der Waals surface area contributed by atoms with Gasteiger partial charge in [-0.2, -0.15) is 0 Å². The van der Waals surface area contributed by atoms with E-state index in [9.17, 15) is 9.90 Å². The van der Waals surface area contributed by atoms with Crippen molar-refractivity contribution in [3.63, 3.8) is 0 Å². The fourth-order valence-corrected chi connectivity index (χ4v) is 2.70. The van der Waals surface area contributed by atoms with E-state index in [-0.39, 0.29) is 0 Å². The lowest BCUT2D eigenvalue weighted by atomic mass is 10.1. The Morgan fingerprint density at radius 2 is 1.90 bits per heavy atom. The van der Waals surface area contributed by atoms with Gasteiger partial charge < -0.3 is 9.67 Å². The van der Waals surface area contributed by atoms with Crippen LogP contribution in [0.25, 0.3) is 11.3 Å². The molecule has 3 nitrogen and oxygen atoms in total. The fourth-order valence-electron chi connectivity index (χ4n) is 2.70. The third-order valence-electron chi connectivity index (χ3n) is 3.54. The molecule has 21 heavy (non-hydrogen) atoms. The topological polar surface area (TPSA) is 42.2 Å². The minimum absolute atomic E-state index is 0.441. The monoisotopic (exact) mass is 285 g/mol. The van der Waals surface area contributed by atoms with Crippen molar-refractivity contribution in [1.29, 1.82) is 0 Å². The lowest BCUT2D eigenvalue weighted by Gasteiger charge is -2.16.